The number of carbonyl (C=O) groups excluding carboxylic acids is 2. The Morgan fingerprint density at radius 1 is 1.23 bits per heavy atom. The molecular formula is C15H27N3O2S2. The van der Waals surface area contributed by atoms with Gasteiger partial charge in [-0.05, 0) is 32.6 Å². The first-order chi connectivity index (χ1) is 10.5. The SMILES string of the molecule is CCN(CC)C(=S)SCC(=O)NC(=O)N[C@H]1CCCC[C@H]1C. The van der Waals surface area contributed by atoms with E-state index in [1.807, 2.05) is 18.7 Å². The lowest BCUT2D eigenvalue weighted by atomic mass is 9.86. The molecule has 0 radical (unpaired) electrons. The molecular weight excluding hydrogens is 318 g/mol. The normalized spacial score (nSPS) is 21.0. The number of carbonyl (C=O) groups is 2. The molecule has 1 fully saturated rings. The van der Waals surface area contributed by atoms with Crippen LogP contribution in [0.25, 0.3) is 0 Å². The van der Waals surface area contributed by atoms with E-state index in [1.165, 1.54) is 18.2 Å². The number of thioether (sulfide) groups is 1. The van der Waals surface area contributed by atoms with Crippen molar-refractivity contribution in [2.75, 3.05) is 18.8 Å². The first-order valence-corrected chi connectivity index (χ1v) is 9.39. The maximum Gasteiger partial charge on any atom is 0.321 e. The van der Waals surface area contributed by atoms with Gasteiger partial charge in [0.2, 0.25) is 5.91 Å². The van der Waals surface area contributed by atoms with Gasteiger partial charge in [0.25, 0.3) is 0 Å². The molecule has 0 heterocycles. The highest BCUT2D eigenvalue weighted by Crippen LogP contribution is 2.23. The lowest BCUT2D eigenvalue weighted by molar-refractivity contribution is -0.117. The van der Waals surface area contributed by atoms with Crippen LogP contribution in [0.5, 0.6) is 0 Å². The van der Waals surface area contributed by atoms with Crippen molar-refractivity contribution in [1.29, 1.82) is 0 Å². The minimum Gasteiger partial charge on any atom is -0.358 e. The summed E-state index contributed by atoms with van der Waals surface area (Å²) in [7, 11) is 0. The smallest absolute Gasteiger partial charge is 0.321 e. The number of hydrogen-bond acceptors (Lipinski definition) is 4. The minimum absolute atomic E-state index is 0.170. The van der Waals surface area contributed by atoms with Gasteiger partial charge in [0.1, 0.15) is 4.32 Å². The molecule has 0 aromatic heterocycles. The van der Waals surface area contributed by atoms with E-state index in [9.17, 15) is 9.59 Å². The second-order valence-corrected chi connectivity index (χ2v) is 7.23. The van der Waals surface area contributed by atoms with Crippen LogP contribution in [-0.4, -0.2) is 46.0 Å². The van der Waals surface area contributed by atoms with E-state index in [0.29, 0.717) is 10.2 Å². The summed E-state index contributed by atoms with van der Waals surface area (Å²) in [6, 6.07) is -0.218. The standard InChI is InChI=1S/C15H27N3O2S2/c1-4-18(5-2)15(21)22-10-13(19)17-14(20)16-12-9-7-6-8-11(12)3/h11-12H,4-10H2,1-3H3,(H2,16,17,19,20)/t11-,12+/m1/s1. The van der Waals surface area contributed by atoms with Crippen LogP contribution < -0.4 is 10.6 Å². The summed E-state index contributed by atoms with van der Waals surface area (Å²) in [5.74, 6) is 0.336. The van der Waals surface area contributed by atoms with Crippen molar-refractivity contribution in [2.45, 2.75) is 52.5 Å². The van der Waals surface area contributed by atoms with E-state index >= 15 is 0 Å². The van der Waals surface area contributed by atoms with Crippen LogP contribution in [0.2, 0.25) is 0 Å². The molecule has 3 amide bonds. The maximum absolute atomic E-state index is 11.9. The number of nitrogens with zero attached hydrogens (tertiary/aromatic N) is 1. The van der Waals surface area contributed by atoms with Gasteiger partial charge < -0.3 is 10.2 Å². The summed E-state index contributed by atoms with van der Waals surface area (Å²) in [6.07, 6.45) is 4.48. The zero-order chi connectivity index (χ0) is 16.5. The van der Waals surface area contributed by atoms with Crippen LogP contribution in [0.1, 0.15) is 46.5 Å². The molecule has 1 saturated carbocycles. The molecule has 0 bridgehead atoms. The monoisotopic (exact) mass is 345 g/mol. The summed E-state index contributed by atoms with van der Waals surface area (Å²) in [6.45, 7) is 7.84. The van der Waals surface area contributed by atoms with E-state index in [2.05, 4.69) is 17.6 Å². The van der Waals surface area contributed by atoms with Crippen molar-refractivity contribution in [2.24, 2.45) is 5.92 Å². The molecule has 126 valence electrons. The molecule has 0 unspecified atom stereocenters. The topological polar surface area (TPSA) is 61.4 Å². The Labute approximate surface area is 143 Å². The summed E-state index contributed by atoms with van der Waals surface area (Å²) in [5.41, 5.74) is 0. The van der Waals surface area contributed by atoms with Gasteiger partial charge in [0.05, 0.1) is 5.75 Å². The molecule has 7 heteroatoms. The van der Waals surface area contributed by atoms with Crippen molar-refractivity contribution in [3.8, 4) is 0 Å². The lowest BCUT2D eigenvalue weighted by Gasteiger charge is -2.29. The molecule has 5 nitrogen and oxygen atoms in total. The number of urea groups is 1. The second kappa shape index (κ2) is 10.0. The quantitative estimate of drug-likeness (QED) is 0.750. The van der Waals surface area contributed by atoms with Gasteiger partial charge in [-0.2, -0.15) is 0 Å². The zero-order valence-electron chi connectivity index (χ0n) is 13.7. The third kappa shape index (κ3) is 6.52. The van der Waals surface area contributed by atoms with Crippen molar-refractivity contribution >= 4 is 40.2 Å². The van der Waals surface area contributed by atoms with Crippen LogP contribution in [-0.2, 0) is 4.79 Å². The average Bonchev–Trinajstić information content (AvgIpc) is 2.48. The molecule has 0 aromatic carbocycles. The zero-order valence-corrected chi connectivity index (χ0v) is 15.3. The number of hydrogen-bond donors (Lipinski definition) is 2. The number of thiocarbonyl (C=S) groups is 1. The number of rotatable bonds is 5. The molecule has 0 aromatic rings. The second-order valence-electron chi connectivity index (χ2n) is 5.62. The summed E-state index contributed by atoms with van der Waals surface area (Å²) < 4.78 is 0.696. The Balaban J connectivity index is 2.29. The fraction of sp³-hybridized carbons (Fsp3) is 0.800. The van der Waals surface area contributed by atoms with Gasteiger partial charge in [-0.3, -0.25) is 10.1 Å². The van der Waals surface area contributed by atoms with Crippen LogP contribution in [0.3, 0.4) is 0 Å². The molecule has 22 heavy (non-hydrogen) atoms. The third-order valence-corrected chi connectivity index (χ3v) is 5.55. The van der Waals surface area contributed by atoms with E-state index in [0.717, 1.165) is 32.4 Å². The molecule has 1 aliphatic carbocycles. The Morgan fingerprint density at radius 3 is 2.45 bits per heavy atom. The van der Waals surface area contributed by atoms with Gasteiger partial charge in [0.15, 0.2) is 0 Å². The van der Waals surface area contributed by atoms with E-state index in [1.54, 1.807) is 0 Å². The highest BCUT2D eigenvalue weighted by Gasteiger charge is 2.23. The number of nitrogens with one attached hydrogen (secondary N) is 2. The summed E-state index contributed by atoms with van der Waals surface area (Å²) >= 11 is 6.56. The maximum atomic E-state index is 11.9. The van der Waals surface area contributed by atoms with Crippen molar-refractivity contribution in [3.05, 3.63) is 0 Å². The third-order valence-electron chi connectivity index (χ3n) is 4.03. The van der Waals surface area contributed by atoms with Crippen LogP contribution in [0.15, 0.2) is 0 Å². The molecule has 0 aliphatic heterocycles. The van der Waals surface area contributed by atoms with Gasteiger partial charge in [-0.15, -0.1) is 0 Å². The highest BCUT2D eigenvalue weighted by atomic mass is 32.2. The fourth-order valence-corrected chi connectivity index (χ4v) is 3.80. The predicted octanol–water partition coefficient (Wildman–Crippen LogP) is 2.75. The molecule has 2 atom stereocenters. The molecule has 1 rings (SSSR count). The first kappa shape index (κ1) is 19.2. The predicted molar refractivity (Wildman–Crippen MR) is 96.1 cm³/mol. The van der Waals surface area contributed by atoms with Gasteiger partial charge in [-0.25, -0.2) is 4.79 Å². The minimum atomic E-state index is -0.391. The molecule has 2 N–H and O–H groups in total. The van der Waals surface area contributed by atoms with E-state index in [-0.39, 0.29) is 17.7 Å². The largest absolute Gasteiger partial charge is 0.358 e. The van der Waals surface area contributed by atoms with E-state index in [4.69, 9.17) is 12.2 Å². The average molecular weight is 346 g/mol. The van der Waals surface area contributed by atoms with Crippen molar-refractivity contribution in [3.63, 3.8) is 0 Å². The summed E-state index contributed by atoms with van der Waals surface area (Å²) in [4.78, 5) is 25.7. The summed E-state index contributed by atoms with van der Waals surface area (Å²) in [5, 5.41) is 5.30. The highest BCUT2D eigenvalue weighted by molar-refractivity contribution is 8.23. The first-order valence-electron chi connectivity index (χ1n) is 7.99. The Kier molecular flexibility index (Phi) is 8.78. The van der Waals surface area contributed by atoms with Gasteiger partial charge >= 0.3 is 6.03 Å². The Hall–Kier alpha value is -0.820. The van der Waals surface area contributed by atoms with Gasteiger partial charge in [-0.1, -0.05) is 43.7 Å². The Morgan fingerprint density at radius 2 is 1.86 bits per heavy atom. The van der Waals surface area contributed by atoms with Crippen molar-refractivity contribution < 1.29 is 9.59 Å². The van der Waals surface area contributed by atoms with Crippen LogP contribution in [0, 0.1) is 5.92 Å². The van der Waals surface area contributed by atoms with Crippen LogP contribution >= 0.6 is 24.0 Å². The van der Waals surface area contributed by atoms with Crippen LogP contribution in [0.4, 0.5) is 4.79 Å². The lowest BCUT2D eigenvalue weighted by Crippen LogP contribution is -2.48. The fourth-order valence-electron chi connectivity index (χ4n) is 2.60. The van der Waals surface area contributed by atoms with Gasteiger partial charge in [0, 0.05) is 19.1 Å². The molecule has 0 saturated heterocycles. The molecule has 1 aliphatic rings. The molecule has 0 spiro atoms. The Bertz CT molecular complexity index is 400. The van der Waals surface area contributed by atoms with Crippen molar-refractivity contribution in [1.82, 2.24) is 15.5 Å². The number of amides is 3. The van der Waals surface area contributed by atoms with E-state index < -0.39 is 6.03 Å². The number of imide groups is 1.